The molecule has 1 saturated heterocycles. The van der Waals surface area contributed by atoms with E-state index in [1.165, 1.54) is 0 Å². The molecule has 60 valence electrons. The van der Waals surface area contributed by atoms with E-state index in [-0.39, 0.29) is 0 Å². The SMILES string of the molecule is O=CBNN=C1CCOCC1. The van der Waals surface area contributed by atoms with Gasteiger partial charge >= 0.3 is 7.41 Å². The summed E-state index contributed by atoms with van der Waals surface area (Å²) in [5.74, 6) is 0. The van der Waals surface area contributed by atoms with Gasteiger partial charge in [-0.15, -0.1) is 0 Å². The lowest BCUT2D eigenvalue weighted by Crippen LogP contribution is -2.21. The lowest BCUT2D eigenvalue weighted by Gasteiger charge is -2.12. The van der Waals surface area contributed by atoms with E-state index in [9.17, 15) is 4.79 Å². The summed E-state index contributed by atoms with van der Waals surface area (Å²) in [6.45, 7) is 1.50. The molecule has 0 saturated carbocycles. The van der Waals surface area contributed by atoms with Gasteiger partial charge in [0.1, 0.15) is 6.19 Å². The Bertz CT molecular complexity index is 153. The molecule has 0 aromatic rings. The molecule has 4 nitrogen and oxygen atoms in total. The van der Waals surface area contributed by atoms with Crippen molar-refractivity contribution in [1.82, 2.24) is 5.34 Å². The zero-order valence-electron chi connectivity index (χ0n) is 6.38. The molecule has 11 heavy (non-hydrogen) atoms. The van der Waals surface area contributed by atoms with E-state index in [0.29, 0.717) is 7.41 Å². The quantitative estimate of drug-likeness (QED) is 0.252. The molecule has 1 rings (SSSR count). The Balaban J connectivity index is 2.20. The molecule has 1 aliphatic rings. The second-order valence-electron chi connectivity index (χ2n) is 2.32. The van der Waals surface area contributed by atoms with E-state index in [0.717, 1.165) is 38.0 Å². The molecule has 1 heterocycles. The third kappa shape index (κ3) is 3.18. The van der Waals surface area contributed by atoms with Crippen molar-refractivity contribution < 1.29 is 9.53 Å². The molecule has 1 fully saturated rings. The molecule has 0 unspecified atom stereocenters. The number of hydrogen-bond donors (Lipinski definition) is 1. The highest BCUT2D eigenvalue weighted by Crippen LogP contribution is 2.00. The molecule has 1 N–H and O–H groups in total. The third-order valence-electron chi connectivity index (χ3n) is 1.48. The van der Waals surface area contributed by atoms with Gasteiger partial charge in [0.15, 0.2) is 0 Å². The summed E-state index contributed by atoms with van der Waals surface area (Å²) in [7, 11) is 0.296. The molecule has 0 radical (unpaired) electrons. The summed E-state index contributed by atoms with van der Waals surface area (Å²) in [4.78, 5) is 9.89. The fourth-order valence-corrected chi connectivity index (χ4v) is 0.914. The first-order valence-electron chi connectivity index (χ1n) is 3.73. The lowest BCUT2D eigenvalue weighted by atomic mass is 10.0. The van der Waals surface area contributed by atoms with Crippen LogP contribution in [-0.4, -0.2) is 32.5 Å². The van der Waals surface area contributed by atoms with Crippen molar-refractivity contribution in [3.05, 3.63) is 0 Å². The lowest BCUT2D eigenvalue weighted by molar-refractivity contribution is 0.134. The van der Waals surface area contributed by atoms with Crippen LogP contribution in [0.5, 0.6) is 0 Å². The van der Waals surface area contributed by atoms with Crippen molar-refractivity contribution in [1.29, 1.82) is 0 Å². The van der Waals surface area contributed by atoms with E-state index in [2.05, 4.69) is 10.4 Å². The van der Waals surface area contributed by atoms with Crippen molar-refractivity contribution in [3.63, 3.8) is 0 Å². The predicted octanol–water partition coefficient (Wildman–Crippen LogP) is -0.716. The highest BCUT2D eigenvalue weighted by atomic mass is 16.5. The minimum atomic E-state index is 0.296. The Labute approximate surface area is 66.3 Å². The molecular weight excluding hydrogens is 143 g/mol. The van der Waals surface area contributed by atoms with E-state index in [1.807, 2.05) is 0 Å². The number of carbonyl (C=O) groups excluding carboxylic acids is 1. The van der Waals surface area contributed by atoms with Crippen LogP contribution in [0.1, 0.15) is 12.8 Å². The van der Waals surface area contributed by atoms with Gasteiger partial charge in [-0.25, -0.2) is 5.10 Å². The van der Waals surface area contributed by atoms with Crippen molar-refractivity contribution >= 4 is 19.3 Å². The maximum Gasteiger partial charge on any atom is 0.326 e. The molecule has 0 bridgehead atoms. The van der Waals surface area contributed by atoms with Crippen LogP contribution in [0.15, 0.2) is 5.10 Å². The first-order chi connectivity index (χ1) is 5.43. The Morgan fingerprint density at radius 3 is 2.91 bits per heavy atom. The maximum absolute atomic E-state index is 9.89. The number of carbonyl (C=O) groups is 1. The van der Waals surface area contributed by atoms with Crippen molar-refractivity contribution in [2.45, 2.75) is 12.8 Å². The van der Waals surface area contributed by atoms with Crippen LogP contribution < -0.4 is 5.34 Å². The molecule has 5 heteroatoms. The Morgan fingerprint density at radius 2 is 2.27 bits per heavy atom. The van der Waals surface area contributed by atoms with E-state index in [4.69, 9.17) is 4.74 Å². The normalized spacial score (nSPS) is 17.3. The fraction of sp³-hybridized carbons (Fsp3) is 0.667. The van der Waals surface area contributed by atoms with Gasteiger partial charge in [-0.1, -0.05) is 0 Å². The number of hydrazone groups is 1. The van der Waals surface area contributed by atoms with Crippen LogP contribution in [0.3, 0.4) is 0 Å². The second-order valence-corrected chi connectivity index (χ2v) is 2.32. The summed E-state index contributed by atoms with van der Waals surface area (Å²) in [6, 6.07) is 0. The average Bonchev–Trinajstić information content (AvgIpc) is 2.07. The standard InChI is InChI=1S/C6H11BN2O2/c10-5-7-9-8-6-1-3-11-4-2-6/h5,7,9H,1-4H2. The van der Waals surface area contributed by atoms with Crippen LogP contribution in [0.4, 0.5) is 0 Å². The first-order valence-corrected chi connectivity index (χ1v) is 3.73. The summed E-state index contributed by atoms with van der Waals surface area (Å²) in [6.07, 6.45) is 2.56. The number of hydrogen-bond acceptors (Lipinski definition) is 4. The summed E-state index contributed by atoms with van der Waals surface area (Å²) >= 11 is 0. The van der Waals surface area contributed by atoms with Gasteiger partial charge in [-0.2, -0.15) is 0 Å². The van der Waals surface area contributed by atoms with Crippen LogP contribution in [-0.2, 0) is 9.53 Å². The van der Waals surface area contributed by atoms with Gasteiger partial charge in [0.2, 0.25) is 0 Å². The van der Waals surface area contributed by atoms with Gasteiger partial charge in [0, 0.05) is 18.6 Å². The number of nitrogens with zero attached hydrogens (tertiary/aromatic N) is 1. The Morgan fingerprint density at radius 1 is 1.55 bits per heavy atom. The zero-order valence-corrected chi connectivity index (χ0v) is 6.38. The number of rotatable bonds is 3. The van der Waals surface area contributed by atoms with Crippen LogP contribution >= 0.6 is 0 Å². The molecule has 0 amide bonds. The minimum Gasteiger partial charge on any atom is -0.381 e. The maximum atomic E-state index is 9.89. The number of nitrogens with one attached hydrogen (secondary N) is 1. The second kappa shape index (κ2) is 4.90. The third-order valence-corrected chi connectivity index (χ3v) is 1.48. The van der Waals surface area contributed by atoms with Gasteiger partial charge < -0.3 is 14.9 Å². The smallest absolute Gasteiger partial charge is 0.326 e. The van der Waals surface area contributed by atoms with Gasteiger partial charge in [0.05, 0.1) is 13.2 Å². The van der Waals surface area contributed by atoms with Gasteiger partial charge in [0.25, 0.3) is 0 Å². The highest BCUT2D eigenvalue weighted by molar-refractivity contribution is 6.64. The van der Waals surface area contributed by atoms with Crippen molar-refractivity contribution in [2.24, 2.45) is 5.10 Å². The van der Waals surface area contributed by atoms with Crippen LogP contribution in [0, 0.1) is 0 Å². The van der Waals surface area contributed by atoms with Gasteiger partial charge in [-0.3, -0.25) is 0 Å². The first kappa shape index (κ1) is 8.26. The summed E-state index contributed by atoms with van der Waals surface area (Å²) in [5.41, 5.74) is 1.10. The van der Waals surface area contributed by atoms with Gasteiger partial charge in [-0.05, 0) is 0 Å². The monoisotopic (exact) mass is 154 g/mol. The zero-order chi connectivity index (χ0) is 7.94. The van der Waals surface area contributed by atoms with Crippen LogP contribution in [0.25, 0.3) is 0 Å². The molecule has 0 aliphatic carbocycles. The highest BCUT2D eigenvalue weighted by Gasteiger charge is 2.05. The number of ether oxygens (including phenoxy) is 1. The molecule has 0 aromatic heterocycles. The average molecular weight is 154 g/mol. The van der Waals surface area contributed by atoms with E-state index < -0.39 is 0 Å². The fourth-order valence-electron chi connectivity index (χ4n) is 0.914. The molecular formula is C6H11BN2O2. The topological polar surface area (TPSA) is 50.7 Å². The molecule has 0 spiro atoms. The molecule has 0 atom stereocenters. The minimum absolute atomic E-state index is 0.296. The molecule has 1 aliphatic heterocycles. The van der Waals surface area contributed by atoms with E-state index >= 15 is 0 Å². The van der Waals surface area contributed by atoms with Crippen molar-refractivity contribution in [2.75, 3.05) is 13.2 Å². The molecule has 0 aromatic carbocycles. The Kier molecular flexibility index (Phi) is 3.68. The Hall–Kier alpha value is -0.835. The summed E-state index contributed by atoms with van der Waals surface area (Å²) in [5, 5.41) is 6.70. The predicted molar refractivity (Wildman–Crippen MR) is 44.5 cm³/mol. The largest absolute Gasteiger partial charge is 0.381 e. The summed E-state index contributed by atoms with van der Waals surface area (Å²) < 4.78 is 5.13. The van der Waals surface area contributed by atoms with Crippen LogP contribution in [0.2, 0.25) is 0 Å². The van der Waals surface area contributed by atoms with E-state index in [1.54, 1.807) is 0 Å². The van der Waals surface area contributed by atoms with Crippen molar-refractivity contribution in [3.8, 4) is 0 Å².